The van der Waals surface area contributed by atoms with Gasteiger partial charge in [-0.05, 0) is 23.3 Å². The molecule has 0 fully saturated rings. The number of thioether (sulfide) groups is 2. The third-order valence-corrected chi connectivity index (χ3v) is 8.39. The van der Waals surface area contributed by atoms with Crippen LogP contribution in [0.15, 0.2) is 119 Å². The predicted molar refractivity (Wildman–Crippen MR) is 120 cm³/mol. The molecule has 29 heavy (non-hydrogen) atoms. The summed E-state index contributed by atoms with van der Waals surface area (Å²) in [4.78, 5) is 1.36. The van der Waals surface area contributed by atoms with Crippen molar-refractivity contribution in [2.45, 2.75) is 19.7 Å². The standard InChI is InChI=1S/C26H18OS2/c1-3-11-19(12-4-1)25-21-15-7-9-17-23(21)29-26(27-25,20-13-5-2-6-14-20)22-16-8-10-18-24(22)28-25/h1-18H/t25-,26-/m0/s1. The van der Waals surface area contributed by atoms with Crippen LogP contribution in [0.25, 0.3) is 0 Å². The Labute approximate surface area is 179 Å². The molecular formula is C26H18OS2. The van der Waals surface area contributed by atoms with Gasteiger partial charge in [-0.3, -0.25) is 0 Å². The second-order valence-electron chi connectivity index (χ2n) is 7.26. The van der Waals surface area contributed by atoms with Gasteiger partial charge in [-0.15, -0.1) is 0 Å². The molecule has 2 bridgehead atoms. The first-order valence-electron chi connectivity index (χ1n) is 9.70. The Morgan fingerprint density at radius 2 is 0.828 bits per heavy atom. The topological polar surface area (TPSA) is 9.23 Å². The van der Waals surface area contributed by atoms with Crippen LogP contribution in [0, 0.1) is 0 Å². The van der Waals surface area contributed by atoms with Crippen molar-refractivity contribution in [1.82, 2.24) is 0 Å². The van der Waals surface area contributed by atoms with Crippen LogP contribution >= 0.6 is 23.5 Å². The van der Waals surface area contributed by atoms with Crippen molar-refractivity contribution in [2.24, 2.45) is 0 Å². The molecule has 3 heteroatoms. The predicted octanol–water partition coefficient (Wildman–Crippen LogP) is 7.02. The first kappa shape index (κ1) is 17.4. The second kappa shape index (κ2) is 6.53. The average Bonchev–Trinajstić information content (AvgIpc) is 2.80. The monoisotopic (exact) mass is 410 g/mol. The van der Waals surface area contributed by atoms with Gasteiger partial charge in [0.15, 0.2) is 9.87 Å². The Morgan fingerprint density at radius 3 is 1.28 bits per heavy atom. The van der Waals surface area contributed by atoms with Crippen LogP contribution in [0.5, 0.6) is 0 Å². The summed E-state index contributed by atoms with van der Waals surface area (Å²) in [6, 6.07) is 38.6. The van der Waals surface area contributed by atoms with E-state index in [9.17, 15) is 0 Å². The number of benzene rings is 4. The van der Waals surface area contributed by atoms with E-state index in [1.807, 2.05) is 23.5 Å². The molecule has 6 rings (SSSR count). The van der Waals surface area contributed by atoms with E-state index in [0.717, 1.165) is 0 Å². The maximum atomic E-state index is 7.25. The lowest BCUT2D eigenvalue weighted by atomic mass is 9.95. The molecule has 0 aliphatic carbocycles. The fourth-order valence-electron chi connectivity index (χ4n) is 4.29. The maximum Gasteiger partial charge on any atom is 0.173 e. The van der Waals surface area contributed by atoms with Crippen LogP contribution in [-0.4, -0.2) is 0 Å². The highest BCUT2D eigenvalue weighted by Crippen LogP contribution is 2.68. The van der Waals surface area contributed by atoms with Gasteiger partial charge in [0, 0.05) is 20.9 Å². The lowest BCUT2D eigenvalue weighted by Crippen LogP contribution is -2.45. The van der Waals surface area contributed by atoms with Crippen molar-refractivity contribution in [3.8, 4) is 0 Å². The minimum Gasteiger partial charge on any atom is -0.329 e. The SMILES string of the molecule is c1ccc([C@@]23O[C@@](c4ccccc4)(Sc4ccccc42)c2ccccc2S3)cc1. The molecule has 4 aromatic carbocycles. The Hall–Kier alpha value is -2.46. The molecule has 2 atom stereocenters. The van der Waals surface area contributed by atoms with E-state index < -0.39 is 9.87 Å². The zero-order valence-corrected chi connectivity index (χ0v) is 17.3. The average molecular weight is 411 g/mol. The van der Waals surface area contributed by atoms with Crippen molar-refractivity contribution in [3.05, 3.63) is 131 Å². The van der Waals surface area contributed by atoms with Gasteiger partial charge >= 0.3 is 0 Å². The second-order valence-corrected chi connectivity index (χ2v) is 9.70. The molecule has 0 aromatic heterocycles. The molecule has 0 saturated carbocycles. The zero-order chi connectivity index (χ0) is 19.3. The Balaban J connectivity index is 1.72. The molecule has 0 radical (unpaired) electrons. The van der Waals surface area contributed by atoms with Crippen molar-refractivity contribution < 1.29 is 4.74 Å². The van der Waals surface area contributed by atoms with E-state index in [0.29, 0.717) is 0 Å². The number of fused-ring (bicyclic) bond motifs is 6. The highest BCUT2D eigenvalue weighted by Gasteiger charge is 2.57. The van der Waals surface area contributed by atoms with E-state index in [1.165, 1.54) is 32.0 Å². The van der Waals surface area contributed by atoms with Gasteiger partial charge in [-0.1, -0.05) is 121 Å². The molecule has 0 spiro atoms. The summed E-state index contributed by atoms with van der Waals surface area (Å²) in [7, 11) is 0. The largest absolute Gasteiger partial charge is 0.329 e. The molecule has 2 aliphatic heterocycles. The summed E-state index contributed by atoms with van der Waals surface area (Å²) >= 11 is 3.63. The van der Waals surface area contributed by atoms with E-state index in [1.54, 1.807) is 0 Å². The van der Waals surface area contributed by atoms with Gasteiger partial charge in [0.2, 0.25) is 0 Å². The van der Waals surface area contributed by atoms with Crippen molar-refractivity contribution in [3.63, 3.8) is 0 Å². The number of rotatable bonds is 2. The fraction of sp³-hybridized carbons (Fsp3) is 0.0769. The minimum atomic E-state index is -0.590. The number of ether oxygens (including phenoxy) is 1. The highest BCUT2D eigenvalue weighted by atomic mass is 32.2. The molecule has 4 aromatic rings. The summed E-state index contributed by atoms with van der Waals surface area (Å²) in [5, 5.41) is 0. The van der Waals surface area contributed by atoms with Gasteiger partial charge < -0.3 is 4.74 Å². The van der Waals surface area contributed by atoms with Crippen molar-refractivity contribution in [2.75, 3.05) is 0 Å². The van der Waals surface area contributed by atoms with E-state index in [-0.39, 0.29) is 0 Å². The summed E-state index contributed by atoms with van der Waals surface area (Å²) in [5.41, 5.74) is 4.80. The molecule has 0 N–H and O–H groups in total. The third-order valence-electron chi connectivity index (χ3n) is 5.59. The van der Waals surface area contributed by atoms with Crippen molar-refractivity contribution >= 4 is 23.5 Å². The van der Waals surface area contributed by atoms with Crippen LogP contribution in [0.3, 0.4) is 0 Å². The van der Waals surface area contributed by atoms with Gasteiger partial charge in [0.25, 0.3) is 0 Å². The van der Waals surface area contributed by atoms with Crippen LogP contribution in [-0.2, 0) is 14.6 Å². The minimum absolute atomic E-state index is 0.590. The Morgan fingerprint density at radius 1 is 0.448 bits per heavy atom. The normalized spacial score (nSPS) is 24.4. The Bertz CT molecular complexity index is 1100. The smallest absolute Gasteiger partial charge is 0.173 e. The summed E-state index contributed by atoms with van der Waals surface area (Å²) in [5.74, 6) is 0. The molecule has 0 saturated heterocycles. The lowest BCUT2D eigenvalue weighted by Gasteiger charge is -2.52. The lowest BCUT2D eigenvalue weighted by molar-refractivity contribution is -0.0311. The molecule has 0 amide bonds. The van der Waals surface area contributed by atoms with Crippen LogP contribution < -0.4 is 0 Å². The molecule has 2 heterocycles. The van der Waals surface area contributed by atoms with Crippen LogP contribution in [0.4, 0.5) is 0 Å². The molecule has 2 aliphatic rings. The summed E-state index contributed by atoms with van der Waals surface area (Å²) in [6.07, 6.45) is 0. The summed E-state index contributed by atoms with van der Waals surface area (Å²) < 4.78 is 7.25. The molecule has 1 nitrogen and oxygen atoms in total. The van der Waals surface area contributed by atoms with E-state index >= 15 is 0 Å². The van der Waals surface area contributed by atoms with Gasteiger partial charge in [-0.2, -0.15) is 0 Å². The number of hydrogen-bond donors (Lipinski definition) is 0. The Kier molecular flexibility index (Phi) is 3.92. The fourth-order valence-corrected chi connectivity index (χ4v) is 7.45. The molecular weight excluding hydrogens is 392 g/mol. The number of hydrogen-bond acceptors (Lipinski definition) is 3. The van der Waals surface area contributed by atoms with Crippen LogP contribution in [0.1, 0.15) is 22.3 Å². The van der Waals surface area contributed by atoms with Crippen LogP contribution in [0.2, 0.25) is 0 Å². The summed E-state index contributed by atoms with van der Waals surface area (Å²) in [6.45, 7) is 0. The van der Waals surface area contributed by atoms with Gasteiger partial charge in [-0.25, -0.2) is 0 Å². The van der Waals surface area contributed by atoms with Gasteiger partial charge in [0.1, 0.15) is 0 Å². The first-order valence-corrected chi connectivity index (χ1v) is 11.3. The molecule has 0 unspecified atom stereocenters. The third kappa shape index (κ3) is 2.48. The first-order chi connectivity index (χ1) is 14.3. The van der Waals surface area contributed by atoms with E-state index in [2.05, 4.69) is 109 Å². The quantitative estimate of drug-likeness (QED) is 0.351. The zero-order valence-electron chi connectivity index (χ0n) is 15.6. The van der Waals surface area contributed by atoms with Gasteiger partial charge in [0.05, 0.1) is 0 Å². The van der Waals surface area contributed by atoms with E-state index in [4.69, 9.17) is 4.74 Å². The maximum absolute atomic E-state index is 7.25. The van der Waals surface area contributed by atoms with Crippen molar-refractivity contribution in [1.29, 1.82) is 0 Å². The highest BCUT2D eigenvalue weighted by molar-refractivity contribution is 8.02. The molecule has 140 valence electrons.